The van der Waals surface area contributed by atoms with Gasteiger partial charge in [0.05, 0.1) is 6.04 Å². The smallest absolute Gasteiger partial charge is 0.241 e. The van der Waals surface area contributed by atoms with E-state index >= 15 is 0 Å². The van der Waals surface area contributed by atoms with Crippen LogP contribution in [0.2, 0.25) is 0 Å². The molecule has 2 N–H and O–H groups in total. The molecule has 21 heavy (non-hydrogen) atoms. The van der Waals surface area contributed by atoms with Crippen LogP contribution < -0.4 is 10.6 Å². The van der Waals surface area contributed by atoms with Crippen LogP contribution in [0.5, 0.6) is 0 Å². The fourth-order valence-electron chi connectivity index (χ4n) is 2.81. The van der Waals surface area contributed by atoms with Crippen molar-refractivity contribution in [3.05, 3.63) is 65.2 Å². The monoisotopic (exact) mass is 280 g/mol. The molecule has 1 aliphatic heterocycles. The third-order valence-electron chi connectivity index (χ3n) is 4.05. The summed E-state index contributed by atoms with van der Waals surface area (Å²) in [4.78, 5) is 12.5. The first-order valence-electron chi connectivity index (χ1n) is 7.47. The Bertz CT molecular complexity index is 651. The van der Waals surface area contributed by atoms with Gasteiger partial charge >= 0.3 is 0 Å². The second-order valence-corrected chi connectivity index (χ2v) is 5.41. The van der Waals surface area contributed by atoms with Crippen molar-refractivity contribution in [3.8, 4) is 0 Å². The molecule has 3 nitrogen and oxygen atoms in total. The Hall–Kier alpha value is -2.13. The summed E-state index contributed by atoms with van der Waals surface area (Å²) < 4.78 is 0. The summed E-state index contributed by atoms with van der Waals surface area (Å²) in [6.07, 6.45) is 1.66. The van der Waals surface area contributed by atoms with Gasteiger partial charge in [-0.15, -0.1) is 0 Å². The fraction of sp³-hybridized carbons (Fsp3) is 0.278. The highest BCUT2D eigenvalue weighted by molar-refractivity contribution is 5.95. The molecule has 0 spiro atoms. The Labute approximate surface area is 125 Å². The summed E-state index contributed by atoms with van der Waals surface area (Å²) in [6, 6.07) is 16.1. The van der Waals surface area contributed by atoms with E-state index in [4.69, 9.17) is 0 Å². The summed E-state index contributed by atoms with van der Waals surface area (Å²) in [7, 11) is 0. The number of anilines is 1. The average Bonchev–Trinajstić information content (AvgIpc) is 2.55. The van der Waals surface area contributed by atoms with Gasteiger partial charge in [-0.1, -0.05) is 49.4 Å². The maximum atomic E-state index is 12.5. The van der Waals surface area contributed by atoms with Gasteiger partial charge in [-0.25, -0.2) is 0 Å². The first-order chi connectivity index (χ1) is 10.3. The lowest BCUT2D eigenvalue weighted by Gasteiger charge is -2.25. The van der Waals surface area contributed by atoms with E-state index in [-0.39, 0.29) is 11.9 Å². The zero-order valence-corrected chi connectivity index (χ0v) is 12.2. The Morgan fingerprint density at radius 2 is 1.86 bits per heavy atom. The van der Waals surface area contributed by atoms with Gasteiger partial charge in [0.25, 0.3) is 0 Å². The van der Waals surface area contributed by atoms with Gasteiger partial charge in [0, 0.05) is 12.2 Å². The summed E-state index contributed by atoms with van der Waals surface area (Å²) in [5, 5.41) is 6.38. The van der Waals surface area contributed by atoms with E-state index in [1.165, 1.54) is 16.7 Å². The number of nitrogens with one attached hydrogen (secondary N) is 2. The first-order valence-corrected chi connectivity index (χ1v) is 7.47. The molecule has 2 aromatic carbocycles. The van der Waals surface area contributed by atoms with Crippen LogP contribution in [-0.2, 0) is 24.2 Å². The summed E-state index contributed by atoms with van der Waals surface area (Å²) in [6.45, 7) is 2.85. The fourth-order valence-corrected chi connectivity index (χ4v) is 2.81. The molecule has 1 amide bonds. The normalized spacial score (nSPS) is 17.1. The molecule has 0 aliphatic carbocycles. The molecule has 0 bridgehead atoms. The third-order valence-corrected chi connectivity index (χ3v) is 4.05. The third kappa shape index (κ3) is 2.98. The lowest BCUT2D eigenvalue weighted by Crippen LogP contribution is -2.44. The largest absolute Gasteiger partial charge is 0.324 e. The Morgan fingerprint density at radius 1 is 1.14 bits per heavy atom. The van der Waals surface area contributed by atoms with Gasteiger partial charge in [0.15, 0.2) is 0 Å². The number of para-hydroxylation sites is 1. The van der Waals surface area contributed by atoms with Crippen molar-refractivity contribution in [1.82, 2.24) is 5.32 Å². The lowest BCUT2D eigenvalue weighted by molar-refractivity contribution is -0.118. The quantitative estimate of drug-likeness (QED) is 0.907. The van der Waals surface area contributed by atoms with Crippen LogP contribution in [0.25, 0.3) is 0 Å². The molecule has 3 heteroatoms. The number of hydrogen-bond acceptors (Lipinski definition) is 2. The number of benzene rings is 2. The van der Waals surface area contributed by atoms with Crippen LogP contribution in [-0.4, -0.2) is 11.9 Å². The first kappa shape index (κ1) is 13.8. The number of carbonyl (C=O) groups is 1. The molecule has 3 rings (SSSR count). The van der Waals surface area contributed by atoms with Crippen molar-refractivity contribution in [3.63, 3.8) is 0 Å². The zero-order valence-electron chi connectivity index (χ0n) is 12.2. The Morgan fingerprint density at radius 3 is 2.67 bits per heavy atom. The van der Waals surface area contributed by atoms with E-state index in [2.05, 4.69) is 35.8 Å². The molecular formula is C18H20N2O. The second kappa shape index (κ2) is 6.10. The van der Waals surface area contributed by atoms with Gasteiger partial charge in [-0.05, 0) is 35.6 Å². The van der Waals surface area contributed by atoms with Crippen molar-refractivity contribution >= 4 is 11.6 Å². The number of hydrogen-bond donors (Lipinski definition) is 2. The van der Waals surface area contributed by atoms with Gasteiger partial charge in [0.2, 0.25) is 5.91 Å². The molecule has 108 valence electrons. The van der Waals surface area contributed by atoms with Crippen LogP contribution >= 0.6 is 0 Å². The van der Waals surface area contributed by atoms with Crippen molar-refractivity contribution in [2.45, 2.75) is 32.4 Å². The molecule has 2 aromatic rings. The van der Waals surface area contributed by atoms with Crippen molar-refractivity contribution < 1.29 is 4.79 Å². The second-order valence-electron chi connectivity index (χ2n) is 5.41. The summed E-state index contributed by atoms with van der Waals surface area (Å²) in [5.74, 6) is 0.0467. The molecule has 0 radical (unpaired) electrons. The topological polar surface area (TPSA) is 41.1 Å². The predicted molar refractivity (Wildman–Crippen MR) is 85.2 cm³/mol. The average molecular weight is 280 g/mol. The SMILES string of the molecule is CCc1ccccc1NC(=O)[C@@H]1Cc2ccccc2CN1. The number of carbonyl (C=O) groups excluding carboxylic acids is 1. The maximum absolute atomic E-state index is 12.5. The molecule has 0 unspecified atom stereocenters. The van der Waals surface area contributed by atoms with E-state index in [0.29, 0.717) is 0 Å². The van der Waals surface area contributed by atoms with Gasteiger partial charge in [0.1, 0.15) is 0 Å². The molecule has 0 saturated heterocycles. The van der Waals surface area contributed by atoms with Crippen LogP contribution in [0.15, 0.2) is 48.5 Å². The van der Waals surface area contributed by atoms with E-state index < -0.39 is 0 Å². The van der Waals surface area contributed by atoms with Gasteiger partial charge < -0.3 is 10.6 Å². The number of amides is 1. The molecule has 1 aliphatic rings. The maximum Gasteiger partial charge on any atom is 0.241 e. The Balaban J connectivity index is 1.72. The molecule has 0 aromatic heterocycles. The number of rotatable bonds is 3. The lowest BCUT2D eigenvalue weighted by atomic mass is 9.95. The molecule has 1 heterocycles. The Kier molecular flexibility index (Phi) is 4.02. The minimum atomic E-state index is -0.162. The minimum Gasteiger partial charge on any atom is -0.324 e. The highest BCUT2D eigenvalue weighted by Crippen LogP contribution is 2.19. The summed E-state index contributed by atoms with van der Waals surface area (Å²) >= 11 is 0. The molecule has 1 atom stereocenters. The van der Waals surface area contributed by atoms with Crippen molar-refractivity contribution in [2.24, 2.45) is 0 Å². The van der Waals surface area contributed by atoms with Crippen LogP contribution in [0.4, 0.5) is 5.69 Å². The van der Waals surface area contributed by atoms with E-state index in [1.807, 2.05) is 30.3 Å². The van der Waals surface area contributed by atoms with Gasteiger partial charge in [-0.3, -0.25) is 4.79 Å². The molecule has 0 saturated carbocycles. The van der Waals surface area contributed by atoms with Crippen molar-refractivity contribution in [2.75, 3.05) is 5.32 Å². The minimum absolute atomic E-state index is 0.0467. The number of fused-ring (bicyclic) bond motifs is 1. The van der Waals surface area contributed by atoms with Crippen LogP contribution in [0.3, 0.4) is 0 Å². The standard InChI is InChI=1S/C18H20N2O/c1-2-13-7-5-6-10-16(13)20-18(21)17-11-14-8-3-4-9-15(14)12-19-17/h3-10,17,19H,2,11-12H2,1H3,(H,20,21)/t17-/m0/s1. The zero-order chi connectivity index (χ0) is 14.7. The highest BCUT2D eigenvalue weighted by atomic mass is 16.2. The summed E-state index contributed by atoms with van der Waals surface area (Å²) in [5.41, 5.74) is 4.64. The van der Waals surface area contributed by atoms with Crippen LogP contribution in [0, 0.1) is 0 Å². The molecular weight excluding hydrogens is 260 g/mol. The van der Waals surface area contributed by atoms with Crippen molar-refractivity contribution in [1.29, 1.82) is 0 Å². The number of aryl methyl sites for hydroxylation is 1. The van der Waals surface area contributed by atoms with E-state index in [9.17, 15) is 4.79 Å². The van der Waals surface area contributed by atoms with Gasteiger partial charge in [-0.2, -0.15) is 0 Å². The molecule has 0 fully saturated rings. The van der Waals surface area contributed by atoms with E-state index in [1.54, 1.807) is 0 Å². The predicted octanol–water partition coefficient (Wildman–Crippen LogP) is 2.90. The van der Waals surface area contributed by atoms with E-state index in [0.717, 1.165) is 25.1 Å². The van der Waals surface area contributed by atoms with Crippen LogP contribution in [0.1, 0.15) is 23.6 Å². The highest BCUT2D eigenvalue weighted by Gasteiger charge is 2.24.